The second-order valence-corrected chi connectivity index (χ2v) is 9.89. The highest BCUT2D eigenvalue weighted by atomic mass is 19.1. The fourth-order valence-electron chi connectivity index (χ4n) is 5.03. The number of rotatable bonds is 8. The first kappa shape index (κ1) is 23.4. The second-order valence-electron chi connectivity index (χ2n) is 9.89. The number of carboxylic acid groups (broad SMARTS) is 1. The molecule has 1 aliphatic heterocycles. The molecule has 2 fully saturated rings. The molecule has 0 radical (unpaired) electrons. The Hall–Kier alpha value is -3.38. The van der Waals surface area contributed by atoms with Gasteiger partial charge in [0, 0.05) is 37.0 Å². The fourth-order valence-corrected chi connectivity index (χ4v) is 5.03. The summed E-state index contributed by atoms with van der Waals surface area (Å²) >= 11 is 0. The molecule has 3 N–H and O–H groups in total. The third-order valence-corrected chi connectivity index (χ3v) is 7.39. The molecule has 0 atom stereocenters. The zero-order valence-corrected chi connectivity index (χ0v) is 19.8. The van der Waals surface area contributed by atoms with Crippen LogP contribution < -0.4 is 15.4 Å². The van der Waals surface area contributed by atoms with Crippen LogP contribution in [-0.2, 0) is 24.4 Å². The van der Waals surface area contributed by atoms with Gasteiger partial charge < -0.3 is 20.5 Å². The zero-order chi connectivity index (χ0) is 24.4. The van der Waals surface area contributed by atoms with E-state index in [4.69, 9.17) is 10.5 Å². The van der Waals surface area contributed by atoms with Crippen molar-refractivity contribution in [2.75, 3.05) is 18.0 Å². The molecule has 1 aliphatic carbocycles. The third-order valence-electron chi connectivity index (χ3n) is 7.39. The van der Waals surface area contributed by atoms with E-state index in [0.29, 0.717) is 17.5 Å². The molecular formula is C29H31FN2O3. The molecule has 5 rings (SSSR count). The average Bonchev–Trinajstić information content (AvgIpc) is 3.62. The van der Waals surface area contributed by atoms with Crippen LogP contribution in [0.2, 0.25) is 0 Å². The maximum atomic E-state index is 13.9. The number of piperidine rings is 1. The van der Waals surface area contributed by atoms with Gasteiger partial charge in [0.2, 0.25) is 0 Å². The summed E-state index contributed by atoms with van der Waals surface area (Å²) in [7, 11) is 0. The van der Waals surface area contributed by atoms with Crippen molar-refractivity contribution in [3.05, 3.63) is 83.2 Å². The topological polar surface area (TPSA) is 75.8 Å². The summed E-state index contributed by atoms with van der Waals surface area (Å²) in [5.74, 6) is -1.17. The van der Waals surface area contributed by atoms with E-state index in [1.807, 2.05) is 12.1 Å². The van der Waals surface area contributed by atoms with Crippen molar-refractivity contribution < 1.29 is 19.0 Å². The van der Waals surface area contributed by atoms with Gasteiger partial charge in [-0.05, 0) is 83.7 Å². The van der Waals surface area contributed by atoms with Gasteiger partial charge in [-0.25, -0.2) is 4.39 Å². The van der Waals surface area contributed by atoms with Gasteiger partial charge >= 0.3 is 5.97 Å². The molecule has 5 nitrogen and oxygen atoms in total. The van der Waals surface area contributed by atoms with Crippen molar-refractivity contribution in [2.45, 2.75) is 45.3 Å². The predicted molar refractivity (Wildman–Crippen MR) is 135 cm³/mol. The third kappa shape index (κ3) is 5.49. The number of carbonyl (C=O) groups is 1. The summed E-state index contributed by atoms with van der Waals surface area (Å²) < 4.78 is 19.9. The number of aliphatic carboxylic acids is 1. The second kappa shape index (κ2) is 9.70. The lowest BCUT2D eigenvalue weighted by Crippen LogP contribution is -2.34. The number of halogens is 1. The van der Waals surface area contributed by atoms with Crippen molar-refractivity contribution in [2.24, 2.45) is 11.1 Å². The van der Waals surface area contributed by atoms with Crippen molar-refractivity contribution in [1.29, 1.82) is 0 Å². The van der Waals surface area contributed by atoms with Crippen LogP contribution >= 0.6 is 0 Å². The lowest BCUT2D eigenvalue weighted by atomic mass is 9.92. The zero-order valence-electron chi connectivity index (χ0n) is 19.8. The molecule has 1 spiro atoms. The van der Waals surface area contributed by atoms with E-state index in [0.717, 1.165) is 41.0 Å². The van der Waals surface area contributed by atoms with Crippen molar-refractivity contribution in [1.82, 2.24) is 0 Å². The van der Waals surface area contributed by atoms with E-state index >= 15 is 0 Å². The molecule has 3 aromatic carbocycles. The maximum absolute atomic E-state index is 13.9. The minimum atomic E-state index is -0.982. The first-order valence-electron chi connectivity index (χ1n) is 12.2. The highest BCUT2D eigenvalue weighted by Crippen LogP contribution is 2.54. The van der Waals surface area contributed by atoms with Gasteiger partial charge in [0.05, 0.1) is 6.42 Å². The van der Waals surface area contributed by atoms with E-state index < -0.39 is 11.8 Å². The van der Waals surface area contributed by atoms with Gasteiger partial charge in [-0.15, -0.1) is 0 Å². The number of anilines is 1. The Kier molecular flexibility index (Phi) is 6.48. The quantitative estimate of drug-likeness (QED) is 0.448. The highest BCUT2D eigenvalue weighted by Gasteiger charge is 2.44. The van der Waals surface area contributed by atoms with E-state index in [2.05, 4.69) is 35.2 Å². The van der Waals surface area contributed by atoms with Crippen molar-refractivity contribution in [3.63, 3.8) is 0 Å². The van der Waals surface area contributed by atoms with Crippen LogP contribution in [0.5, 0.6) is 5.75 Å². The van der Waals surface area contributed by atoms with Gasteiger partial charge in [-0.1, -0.05) is 24.3 Å². The summed E-state index contributed by atoms with van der Waals surface area (Å²) in [5.41, 5.74) is 12.3. The Bertz CT molecular complexity index is 1230. The van der Waals surface area contributed by atoms with Crippen LogP contribution in [0.1, 0.15) is 42.4 Å². The summed E-state index contributed by atoms with van der Waals surface area (Å²) in [5, 5.41) is 9.21. The predicted octanol–water partition coefficient (Wildman–Crippen LogP) is 5.54. The van der Waals surface area contributed by atoms with Crippen LogP contribution in [0.4, 0.5) is 10.1 Å². The number of ether oxygens (including phenoxy) is 1. The molecule has 3 aromatic rings. The lowest BCUT2D eigenvalue weighted by Gasteiger charge is -2.34. The minimum Gasteiger partial charge on any atom is -0.488 e. The van der Waals surface area contributed by atoms with E-state index in [1.165, 1.54) is 43.9 Å². The van der Waals surface area contributed by atoms with Gasteiger partial charge in [-0.3, -0.25) is 4.79 Å². The first-order valence-corrected chi connectivity index (χ1v) is 12.2. The van der Waals surface area contributed by atoms with Crippen LogP contribution in [0, 0.1) is 11.2 Å². The Morgan fingerprint density at radius 2 is 1.74 bits per heavy atom. The van der Waals surface area contributed by atoms with Crippen LogP contribution in [0.3, 0.4) is 0 Å². The molecule has 0 bridgehead atoms. The van der Waals surface area contributed by atoms with Gasteiger partial charge in [-0.2, -0.15) is 0 Å². The number of nitrogens with zero attached hydrogens (tertiary/aromatic N) is 1. The Morgan fingerprint density at radius 1 is 0.971 bits per heavy atom. The van der Waals surface area contributed by atoms with Crippen molar-refractivity contribution >= 4 is 11.7 Å². The molecule has 35 heavy (non-hydrogen) atoms. The monoisotopic (exact) mass is 474 g/mol. The molecule has 0 unspecified atom stereocenters. The molecule has 1 heterocycles. The largest absolute Gasteiger partial charge is 0.488 e. The summed E-state index contributed by atoms with van der Waals surface area (Å²) in [6.07, 6.45) is 4.96. The summed E-state index contributed by atoms with van der Waals surface area (Å²) in [6.45, 7) is 2.77. The van der Waals surface area contributed by atoms with E-state index in [-0.39, 0.29) is 18.8 Å². The van der Waals surface area contributed by atoms with Gasteiger partial charge in [0.15, 0.2) is 0 Å². The summed E-state index contributed by atoms with van der Waals surface area (Å²) in [6, 6.07) is 18.7. The number of carboxylic acids is 1. The van der Waals surface area contributed by atoms with Gasteiger partial charge in [0.25, 0.3) is 0 Å². The Labute approximate surface area is 205 Å². The number of nitrogens with two attached hydrogens (primary N) is 1. The highest BCUT2D eigenvalue weighted by molar-refractivity contribution is 5.72. The van der Waals surface area contributed by atoms with E-state index in [1.54, 1.807) is 0 Å². The molecule has 1 saturated heterocycles. The van der Waals surface area contributed by atoms with Gasteiger partial charge in [0.1, 0.15) is 18.2 Å². The molecular weight excluding hydrogens is 443 g/mol. The van der Waals surface area contributed by atoms with Crippen molar-refractivity contribution in [3.8, 4) is 16.9 Å². The average molecular weight is 475 g/mol. The summed E-state index contributed by atoms with van der Waals surface area (Å²) in [4.78, 5) is 13.7. The number of hydrogen-bond acceptors (Lipinski definition) is 4. The number of benzene rings is 3. The van der Waals surface area contributed by atoms with Crippen LogP contribution in [-0.4, -0.2) is 24.2 Å². The SMILES string of the molecule is NCc1cccc(-c2cc(COc3cc(F)ccc3CC(=O)O)cc(N3CCC4(CC3)CC4)c2)c1. The smallest absolute Gasteiger partial charge is 0.307 e. The van der Waals surface area contributed by atoms with Crippen LogP contribution in [0.15, 0.2) is 60.7 Å². The van der Waals surface area contributed by atoms with Crippen LogP contribution in [0.25, 0.3) is 11.1 Å². The normalized spacial score (nSPS) is 16.3. The number of hydrogen-bond donors (Lipinski definition) is 2. The minimum absolute atomic E-state index is 0.214. The molecule has 1 saturated carbocycles. The maximum Gasteiger partial charge on any atom is 0.307 e. The van der Waals surface area contributed by atoms with E-state index in [9.17, 15) is 14.3 Å². The lowest BCUT2D eigenvalue weighted by molar-refractivity contribution is -0.136. The fraction of sp³-hybridized carbons (Fsp3) is 0.345. The molecule has 0 aromatic heterocycles. The molecule has 0 amide bonds. The Balaban J connectivity index is 1.44. The Morgan fingerprint density at radius 3 is 2.46 bits per heavy atom. The molecule has 6 heteroatoms. The molecule has 182 valence electrons. The first-order chi connectivity index (χ1) is 16.9. The molecule has 2 aliphatic rings. The standard InChI is InChI=1S/C29H31FN2O3/c30-25-5-4-23(16-28(33)34)27(17-25)35-19-21-13-24(22-3-1-2-20(12-22)18-31)15-26(14-21)32-10-8-29(6-7-29)9-11-32/h1-5,12-15,17H,6-11,16,18-19,31H2,(H,33,34).